The van der Waals surface area contributed by atoms with Crippen molar-refractivity contribution in [3.63, 3.8) is 0 Å². The molecule has 0 heterocycles. The van der Waals surface area contributed by atoms with Gasteiger partial charge in [-0.25, -0.2) is 0 Å². The Morgan fingerprint density at radius 1 is 1.60 bits per heavy atom. The van der Waals surface area contributed by atoms with Crippen LogP contribution in [0.4, 0.5) is 0 Å². The van der Waals surface area contributed by atoms with Gasteiger partial charge in [-0.15, -0.1) is 11.6 Å². The lowest BCUT2D eigenvalue weighted by Gasteiger charge is -2.22. The van der Waals surface area contributed by atoms with Gasteiger partial charge >= 0.3 is 0 Å². The van der Waals surface area contributed by atoms with Crippen molar-refractivity contribution in [1.82, 2.24) is 0 Å². The van der Waals surface area contributed by atoms with E-state index in [4.69, 9.17) is 17.3 Å². The lowest BCUT2D eigenvalue weighted by atomic mass is 10.1. The second kappa shape index (κ2) is 3.51. The summed E-state index contributed by atoms with van der Waals surface area (Å²) in [5.41, 5.74) is 5.23. The molecule has 0 bridgehead atoms. The molecular weight excluding hydrogens is 170 g/mol. The molecule has 0 fully saturated rings. The predicted molar refractivity (Wildman–Crippen MR) is 44.6 cm³/mol. The highest BCUT2D eigenvalue weighted by Gasteiger charge is 2.26. The normalized spacial score (nSPS) is 33.4. The lowest BCUT2D eigenvalue weighted by molar-refractivity contribution is 0.674. The third-order valence-electron chi connectivity index (χ3n) is 1.42. The predicted octanol–water partition coefficient (Wildman–Crippen LogP) is 0.240. The molecule has 0 spiro atoms. The van der Waals surface area contributed by atoms with Gasteiger partial charge in [-0.1, -0.05) is 12.2 Å². The SMILES string of the molecule is NCCS(=O)C1C=CC1Cl. The zero-order valence-corrected chi connectivity index (χ0v) is 7.07. The van der Waals surface area contributed by atoms with E-state index in [1.807, 2.05) is 12.2 Å². The maximum Gasteiger partial charge on any atom is 0.0727 e. The van der Waals surface area contributed by atoms with Crippen LogP contribution >= 0.6 is 11.6 Å². The molecule has 0 saturated heterocycles. The summed E-state index contributed by atoms with van der Waals surface area (Å²) >= 11 is 5.72. The van der Waals surface area contributed by atoms with Crippen LogP contribution in [0.15, 0.2) is 12.2 Å². The average molecular weight is 180 g/mol. The Morgan fingerprint density at radius 2 is 2.30 bits per heavy atom. The fourth-order valence-corrected chi connectivity index (χ4v) is 2.43. The first kappa shape index (κ1) is 8.24. The lowest BCUT2D eigenvalue weighted by Crippen LogP contribution is -2.32. The number of alkyl halides is 1. The van der Waals surface area contributed by atoms with Crippen LogP contribution in [-0.2, 0) is 10.8 Å². The summed E-state index contributed by atoms with van der Waals surface area (Å²) in [5, 5.41) is 0.0117. The second-order valence-electron chi connectivity index (χ2n) is 2.17. The van der Waals surface area contributed by atoms with Crippen LogP contribution in [0.2, 0.25) is 0 Å². The Kier molecular flexibility index (Phi) is 2.89. The first-order valence-electron chi connectivity index (χ1n) is 3.15. The van der Waals surface area contributed by atoms with E-state index < -0.39 is 10.8 Å². The number of halogens is 1. The molecule has 0 radical (unpaired) electrons. The van der Waals surface area contributed by atoms with Gasteiger partial charge in [0.2, 0.25) is 0 Å². The molecule has 0 saturated carbocycles. The van der Waals surface area contributed by atoms with Crippen molar-refractivity contribution in [3.8, 4) is 0 Å². The highest BCUT2D eigenvalue weighted by molar-refractivity contribution is 7.86. The summed E-state index contributed by atoms with van der Waals surface area (Å²) in [6, 6.07) is 0. The number of nitrogens with two attached hydrogens (primary N) is 1. The molecule has 3 atom stereocenters. The van der Waals surface area contributed by atoms with Crippen molar-refractivity contribution in [2.75, 3.05) is 12.3 Å². The quantitative estimate of drug-likeness (QED) is 0.498. The Morgan fingerprint density at radius 3 is 2.60 bits per heavy atom. The van der Waals surface area contributed by atoms with Crippen LogP contribution in [0, 0.1) is 0 Å². The van der Waals surface area contributed by atoms with Crippen molar-refractivity contribution < 1.29 is 4.21 Å². The summed E-state index contributed by atoms with van der Waals surface area (Å²) in [7, 11) is -0.852. The minimum Gasteiger partial charge on any atom is -0.330 e. The van der Waals surface area contributed by atoms with Gasteiger partial charge in [0, 0.05) is 23.1 Å². The molecule has 0 aliphatic heterocycles. The molecule has 4 heteroatoms. The van der Waals surface area contributed by atoms with E-state index in [1.165, 1.54) is 0 Å². The summed E-state index contributed by atoms with van der Waals surface area (Å²) < 4.78 is 11.1. The minimum atomic E-state index is -0.852. The van der Waals surface area contributed by atoms with Crippen LogP contribution in [0.3, 0.4) is 0 Å². The molecule has 1 rings (SSSR count). The highest BCUT2D eigenvalue weighted by Crippen LogP contribution is 2.21. The van der Waals surface area contributed by atoms with Crippen molar-refractivity contribution in [2.24, 2.45) is 5.73 Å². The van der Waals surface area contributed by atoms with Gasteiger partial charge in [-0.2, -0.15) is 0 Å². The van der Waals surface area contributed by atoms with Crippen LogP contribution in [0.1, 0.15) is 0 Å². The van der Waals surface area contributed by atoms with E-state index >= 15 is 0 Å². The second-order valence-corrected chi connectivity index (χ2v) is 4.39. The number of hydrogen-bond acceptors (Lipinski definition) is 2. The van der Waals surface area contributed by atoms with Gasteiger partial charge in [0.1, 0.15) is 0 Å². The van der Waals surface area contributed by atoms with Crippen molar-refractivity contribution >= 4 is 22.4 Å². The van der Waals surface area contributed by atoms with Gasteiger partial charge in [0.15, 0.2) is 0 Å². The molecule has 3 unspecified atom stereocenters. The Labute approximate surface area is 67.9 Å². The molecular formula is C6H10ClNOS. The van der Waals surface area contributed by atoms with E-state index in [0.29, 0.717) is 12.3 Å². The number of allylic oxidation sites excluding steroid dienone is 1. The molecule has 1 aliphatic carbocycles. The van der Waals surface area contributed by atoms with E-state index in [-0.39, 0.29) is 10.6 Å². The summed E-state index contributed by atoms with van der Waals surface area (Å²) in [6.45, 7) is 0.473. The molecule has 10 heavy (non-hydrogen) atoms. The summed E-state index contributed by atoms with van der Waals surface area (Å²) in [4.78, 5) is 0. The maximum atomic E-state index is 11.1. The van der Waals surface area contributed by atoms with E-state index in [0.717, 1.165) is 0 Å². The molecule has 1 aliphatic rings. The molecule has 0 aromatic rings. The highest BCUT2D eigenvalue weighted by atomic mass is 35.5. The molecule has 0 amide bonds. The summed E-state index contributed by atoms with van der Waals surface area (Å²) in [6.07, 6.45) is 3.73. The van der Waals surface area contributed by atoms with E-state index in [1.54, 1.807) is 0 Å². The van der Waals surface area contributed by atoms with Gasteiger partial charge in [-0.05, 0) is 0 Å². The first-order chi connectivity index (χ1) is 4.75. The fourth-order valence-electron chi connectivity index (χ4n) is 0.771. The smallest absolute Gasteiger partial charge is 0.0727 e. The molecule has 2 N–H and O–H groups in total. The van der Waals surface area contributed by atoms with Gasteiger partial charge in [0.05, 0.1) is 10.6 Å². The molecule has 0 aromatic heterocycles. The molecule has 0 aromatic carbocycles. The van der Waals surface area contributed by atoms with Crippen molar-refractivity contribution in [1.29, 1.82) is 0 Å². The zero-order valence-electron chi connectivity index (χ0n) is 5.50. The third-order valence-corrected chi connectivity index (χ3v) is 3.68. The monoisotopic (exact) mass is 179 g/mol. The van der Waals surface area contributed by atoms with E-state index in [9.17, 15) is 4.21 Å². The topological polar surface area (TPSA) is 43.1 Å². The Hall–Kier alpha value is 0.140. The van der Waals surface area contributed by atoms with Crippen LogP contribution in [-0.4, -0.2) is 27.1 Å². The minimum absolute atomic E-state index is 0.0348. The number of rotatable bonds is 3. The van der Waals surface area contributed by atoms with Crippen molar-refractivity contribution in [2.45, 2.75) is 10.6 Å². The number of hydrogen-bond donors (Lipinski definition) is 1. The van der Waals surface area contributed by atoms with Gasteiger partial charge in [0.25, 0.3) is 0 Å². The fraction of sp³-hybridized carbons (Fsp3) is 0.667. The standard InChI is InChI=1S/C6H10ClNOS/c7-5-1-2-6(5)10(9)4-3-8/h1-2,5-6H,3-4,8H2. The van der Waals surface area contributed by atoms with Crippen molar-refractivity contribution in [3.05, 3.63) is 12.2 Å². The van der Waals surface area contributed by atoms with Gasteiger partial charge < -0.3 is 5.73 Å². The third kappa shape index (κ3) is 1.59. The van der Waals surface area contributed by atoms with E-state index in [2.05, 4.69) is 0 Å². The molecule has 2 nitrogen and oxygen atoms in total. The average Bonchev–Trinajstić information content (AvgIpc) is 1.85. The first-order valence-corrected chi connectivity index (χ1v) is 4.97. The zero-order chi connectivity index (χ0) is 7.56. The molecule has 58 valence electrons. The Bertz CT molecular complexity index is 171. The largest absolute Gasteiger partial charge is 0.330 e. The maximum absolute atomic E-state index is 11.1. The van der Waals surface area contributed by atoms with Crippen LogP contribution in [0.5, 0.6) is 0 Å². The van der Waals surface area contributed by atoms with Gasteiger partial charge in [-0.3, -0.25) is 4.21 Å². The van der Waals surface area contributed by atoms with Crippen LogP contribution < -0.4 is 5.73 Å². The van der Waals surface area contributed by atoms with Crippen LogP contribution in [0.25, 0.3) is 0 Å². The summed E-state index contributed by atoms with van der Waals surface area (Å²) in [5.74, 6) is 0.554. The Balaban J connectivity index is 2.36.